The van der Waals surface area contributed by atoms with Gasteiger partial charge in [-0.25, -0.2) is 18.4 Å². The molecule has 27 nitrogen and oxygen atoms in total. The van der Waals surface area contributed by atoms with Crippen LogP contribution in [0.1, 0.15) is 116 Å². The second-order valence-corrected chi connectivity index (χ2v) is 21.4. The van der Waals surface area contributed by atoms with E-state index in [1.54, 1.807) is 55.8 Å². The number of hydrogen-bond donors (Lipinski definition) is 10. The van der Waals surface area contributed by atoms with Gasteiger partial charge in [0.25, 0.3) is 11.8 Å². The highest BCUT2D eigenvalue weighted by Gasteiger charge is 2.39. The number of carboxylic acid groups (broad SMARTS) is 2. The van der Waals surface area contributed by atoms with Crippen molar-refractivity contribution in [2.75, 3.05) is 26.7 Å². The number of benzene rings is 2. The summed E-state index contributed by atoms with van der Waals surface area (Å²) < 4.78 is 31.8. The van der Waals surface area contributed by atoms with Crippen LogP contribution in [0.2, 0.25) is 0 Å². The minimum Gasteiger partial charge on any atom is -0.481 e. The van der Waals surface area contributed by atoms with Gasteiger partial charge in [0.1, 0.15) is 42.6 Å². The summed E-state index contributed by atoms with van der Waals surface area (Å²) >= 11 is 0. The van der Waals surface area contributed by atoms with E-state index in [-0.39, 0.29) is 49.8 Å². The molecule has 4 rings (SSSR count). The number of hydrogen-bond acceptors (Lipinski definition) is 16. The van der Waals surface area contributed by atoms with Crippen molar-refractivity contribution in [1.29, 1.82) is 0 Å². The summed E-state index contributed by atoms with van der Waals surface area (Å²) in [6.07, 6.45) is -3.89. The van der Waals surface area contributed by atoms with Crippen LogP contribution in [0.4, 0.5) is 8.78 Å². The first-order valence-electron chi connectivity index (χ1n) is 27.2. The Hall–Kier alpha value is -8.70. The van der Waals surface area contributed by atoms with Gasteiger partial charge in [-0.15, -0.1) is 5.06 Å². The van der Waals surface area contributed by atoms with Crippen molar-refractivity contribution in [3.63, 3.8) is 0 Å². The molecule has 85 heavy (non-hydrogen) atoms. The largest absolute Gasteiger partial charge is 0.481 e. The lowest BCUT2D eigenvalue weighted by Gasteiger charge is -2.41. The van der Waals surface area contributed by atoms with Gasteiger partial charge in [-0.1, -0.05) is 51.1 Å². The second kappa shape index (κ2) is 31.8. The minimum atomic E-state index is -1.83. The van der Waals surface area contributed by atoms with Crippen LogP contribution in [0, 0.1) is 17.0 Å². The fraction of sp³-hybridized carbons (Fsp3) is 0.500. The lowest BCUT2D eigenvalue weighted by Crippen LogP contribution is -2.59. The molecule has 2 heterocycles. The Morgan fingerprint density at radius 3 is 2.01 bits per heavy atom. The van der Waals surface area contributed by atoms with Gasteiger partial charge >= 0.3 is 17.9 Å². The van der Waals surface area contributed by atoms with Crippen molar-refractivity contribution in [3.05, 3.63) is 83.7 Å². The summed E-state index contributed by atoms with van der Waals surface area (Å²) in [7, 11) is 1.29. The molecule has 0 aliphatic carbocycles. The number of nitrogens with one attached hydrogen (secondary N) is 5. The topological polar surface area (TPSA) is 396 Å². The maximum absolute atomic E-state index is 15.4. The molecule has 1 unspecified atom stereocenters. The third-order valence-electron chi connectivity index (χ3n) is 13.7. The molecule has 2 aromatic carbocycles. The number of aromatic nitrogens is 1. The van der Waals surface area contributed by atoms with Gasteiger partial charge in [-0.3, -0.25) is 52.8 Å². The maximum atomic E-state index is 15.4. The molecule has 9 amide bonds. The molecule has 29 heteroatoms. The first-order chi connectivity index (χ1) is 39.9. The molecule has 7 atom stereocenters. The number of halogens is 2. The van der Waals surface area contributed by atoms with Crippen LogP contribution in [0.15, 0.2) is 60.8 Å². The van der Waals surface area contributed by atoms with Crippen LogP contribution in [-0.4, -0.2) is 174 Å². The van der Waals surface area contributed by atoms with E-state index in [2.05, 4.69) is 26.6 Å². The highest BCUT2D eigenvalue weighted by atomic mass is 19.1. The average Bonchev–Trinajstić information content (AvgIpc) is 2.39. The number of nitrogens with zero attached hydrogens (tertiary/aromatic N) is 4. The van der Waals surface area contributed by atoms with E-state index in [1.807, 2.05) is 12.1 Å². The molecule has 1 saturated heterocycles. The molecule has 11 N–H and O–H groups in total. The maximum Gasteiger partial charge on any atom is 0.333 e. The Morgan fingerprint density at radius 1 is 0.776 bits per heavy atom. The Morgan fingerprint density at radius 2 is 1.41 bits per heavy atom. The molecule has 0 saturated carbocycles. The zero-order valence-corrected chi connectivity index (χ0v) is 47.9. The summed E-state index contributed by atoms with van der Waals surface area (Å²) in [5, 5.41) is 52.6. The van der Waals surface area contributed by atoms with E-state index in [1.165, 1.54) is 25.8 Å². The van der Waals surface area contributed by atoms with Crippen LogP contribution >= 0.6 is 0 Å². The number of amides is 9. The van der Waals surface area contributed by atoms with Gasteiger partial charge in [-0.2, -0.15) is 0 Å². The fourth-order valence-corrected chi connectivity index (χ4v) is 9.19. The quantitative estimate of drug-likeness (QED) is 0.0293. The van der Waals surface area contributed by atoms with Crippen molar-refractivity contribution in [3.8, 4) is 11.1 Å². The molecule has 1 aliphatic heterocycles. The number of aliphatic hydroxyl groups is 2. The highest BCUT2D eigenvalue weighted by Crippen LogP contribution is 2.41. The molecular formula is C56H74F2N10O17. The predicted molar refractivity (Wildman–Crippen MR) is 295 cm³/mol. The molecule has 464 valence electrons. The zero-order valence-electron chi connectivity index (χ0n) is 47.9. The zero-order chi connectivity index (χ0) is 63.5. The van der Waals surface area contributed by atoms with Crippen LogP contribution in [0.25, 0.3) is 11.1 Å². The number of aliphatic carboxylic acids is 2. The molecule has 1 aliphatic rings. The molecular weight excluding hydrogens is 1120 g/mol. The number of hydroxylamine groups is 2. The Balaban J connectivity index is 1.61. The number of likely N-dealkylation sites (N-methyl/N-ethyl adjacent to an activating group) is 1. The lowest BCUT2D eigenvalue weighted by atomic mass is 9.82. The predicted octanol–water partition coefficient (Wildman–Crippen LogP) is 0.486. The van der Waals surface area contributed by atoms with Crippen LogP contribution in [0.3, 0.4) is 0 Å². The summed E-state index contributed by atoms with van der Waals surface area (Å²) in [5.74, 6) is -13.3. The number of imide groups is 1. The molecule has 1 aromatic heterocycles. The fourth-order valence-electron chi connectivity index (χ4n) is 9.19. The summed E-state index contributed by atoms with van der Waals surface area (Å²) in [6, 6.07) is 4.87. The Kier molecular flexibility index (Phi) is 25.8. The second-order valence-electron chi connectivity index (χ2n) is 21.4. The Bertz CT molecular complexity index is 2920. The van der Waals surface area contributed by atoms with Crippen molar-refractivity contribution in [1.82, 2.24) is 46.0 Å². The van der Waals surface area contributed by atoms with Gasteiger partial charge in [0.15, 0.2) is 0 Å². The molecule has 0 spiro atoms. The van der Waals surface area contributed by atoms with E-state index in [0.717, 1.165) is 28.7 Å². The summed E-state index contributed by atoms with van der Waals surface area (Å²) in [6.45, 7) is 6.08. The van der Waals surface area contributed by atoms with E-state index < -0.39 is 182 Å². The van der Waals surface area contributed by atoms with E-state index >= 15 is 4.39 Å². The molecule has 1 fully saturated rings. The number of aliphatic hydroxyl groups excluding tert-OH is 2. The average molecular weight is 1200 g/mol. The first kappa shape index (κ1) is 68.8. The molecule has 3 aromatic rings. The third kappa shape index (κ3) is 20.8. The highest BCUT2D eigenvalue weighted by molar-refractivity contribution is 6.01. The third-order valence-corrected chi connectivity index (χ3v) is 13.7. The van der Waals surface area contributed by atoms with Crippen LogP contribution < -0.4 is 32.3 Å². The van der Waals surface area contributed by atoms with Gasteiger partial charge in [0.2, 0.25) is 41.4 Å². The normalized spacial score (nSPS) is 14.9. The molecule has 0 radical (unpaired) electrons. The standard InChI is InChI=1S/C56H74F2N10O17/c1-31(61-43(71)13-10-14-49(78)85-68-45(73)18-19-46(68)74)54(82)65(6)32(2)51(79)64-40(27-42(59)70)53(81)63-38(52(80)60-23-21-44(72)62-39(55(83)84)17-20-48(76)77)22-24-67(47(75)30-69)50(56(3,4)5)41-25-34(36-26-35(57)15-16-37(36)58)29-66(41)28-33-11-8-7-9-12-33/h7-9,11-12,15-16,25-26,29,31-32,38-40,50,54,69,82H,10,13-14,17-24,27-28,30H2,1-6H3,(H2,59,70)(H,60,80)(H,61,71)(H,62,72)(H,63,81)(H,64,79)(H,76,77)(H,83,84)/t31-,32-,38-,39+,40-,50-,54?/m0/s1. The number of rotatable bonds is 33. The van der Waals surface area contributed by atoms with Crippen molar-refractivity contribution >= 4 is 71.1 Å². The van der Waals surface area contributed by atoms with E-state index in [0.29, 0.717) is 10.8 Å². The van der Waals surface area contributed by atoms with Gasteiger partial charge in [0, 0.05) is 81.2 Å². The van der Waals surface area contributed by atoms with Crippen molar-refractivity contribution in [2.45, 2.75) is 148 Å². The SMILES string of the molecule is C[C@H](NC(=O)CCCC(=O)ON1C(=O)CCC1=O)C(O)N(C)[C@@H](C)C(=O)N[C@@H](CC(N)=O)C(=O)N[C@@H](CCN(C(=O)CO)[C@@H](c1cc(-c2cc(F)ccc2F)cn1Cc1ccccc1)C(C)(C)C)C(=O)NCCC(=O)N[C@H](CCC(=O)O)C(=O)O. The van der Waals surface area contributed by atoms with Crippen molar-refractivity contribution < 1.29 is 91.6 Å². The van der Waals surface area contributed by atoms with Crippen molar-refractivity contribution in [2.24, 2.45) is 11.1 Å². The van der Waals surface area contributed by atoms with E-state index in [4.69, 9.17) is 15.7 Å². The van der Waals surface area contributed by atoms with E-state index in [9.17, 15) is 77.2 Å². The van der Waals surface area contributed by atoms with Crippen LogP contribution in [0.5, 0.6) is 0 Å². The molecule has 0 bridgehead atoms. The first-order valence-corrected chi connectivity index (χ1v) is 27.2. The van der Waals surface area contributed by atoms with Gasteiger partial charge < -0.3 is 67.0 Å². The summed E-state index contributed by atoms with van der Waals surface area (Å²) in [4.78, 5) is 160. The number of primary amides is 1. The van der Waals surface area contributed by atoms with Gasteiger partial charge in [-0.05, 0) is 75.4 Å². The minimum absolute atomic E-state index is 0.0718. The Labute approximate surface area is 487 Å². The lowest BCUT2D eigenvalue weighted by molar-refractivity contribution is -0.197. The number of carboxylic acids is 2. The monoisotopic (exact) mass is 1200 g/mol. The van der Waals surface area contributed by atoms with Gasteiger partial charge in [0.05, 0.1) is 24.5 Å². The number of carbonyl (C=O) groups is 12. The number of nitrogens with two attached hydrogens (primary N) is 1. The smallest absolute Gasteiger partial charge is 0.333 e. The number of carbonyl (C=O) groups excluding carboxylic acids is 10. The summed E-state index contributed by atoms with van der Waals surface area (Å²) in [5.41, 5.74) is 5.83. The van der Waals surface area contributed by atoms with Crippen LogP contribution in [-0.2, 0) is 68.9 Å².